The number of aliphatic carboxylic acids is 1. The third kappa shape index (κ3) is 8.33. The molecule has 0 rings (SSSR count). The number of primary amides is 1. The van der Waals surface area contributed by atoms with Gasteiger partial charge in [-0.2, -0.15) is 0 Å². The average Bonchev–Trinajstić information content (AvgIpc) is 2.54. The van der Waals surface area contributed by atoms with E-state index >= 15 is 0 Å². The van der Waals surface area contributed by atoms with Crippen LogP contribution in [-0.4, -0.2) is 58.9 Å². The summed E-state index contributed by atoms with van der Waals surface area (Å²) in [5, 5.41) is 16.4. The van der Waals surface area contributed by atoms with Gasteiger partial charge < -0.3 is 32.5 Å². The predicted octanol–water partition coefficient (Wildman–Crippen LogP) is -1.94. The van der Waals surface area contributed by atoms with Gasteiger partial charge in [0.15, 0.2) is 0 Å². The van der Waals surface area contributed by atoms with Gasteiger partial charge >= 0.3 is 5.97 Å². The lowest BCUT2D eigenvalue weighted by atomic mass is 9.99. The first-order valence-electron chi connectivity index (χ1n) is 8.95. The number of rotatable bonds is 11. The molecule has 0 aliphatic heterocycles. The molecular formula is C17H31N5O6. The molecule has 0 fully saturated rings. The fraction of sp³-hybridized carbons (Fsp3) is 0.706. The maximum Gasteiger partial charge on any atom is 0.326 e. The number of amides is 4. The van der Waals surface area contributed by atoms with E-state index in [0.717, 1.165) is 0 Å². The van der Waals surface area contributed by atoms with Crippen molar-refractivity contribution in [2.24, 2.45) is 23.3 Å². The van der Waals surface area contributed by atoms with Crippen molar-refractivity contribution in [1.29, 1.82) is 0 Å². The number of carboxylic acid groups (broad SMARTS) is 1. The maximum absolute atomic E-state index is 12.6. The summed E-state index contributed by atoms with van der Waals surface area (Å²) < 4.78 is 0. The van der Waals surface area contributed by atoms with Gasteiger partial charge in [-0.05, 0) is 18.8 Å². The third-order valence-electron chi connectivity index (χ3n) is 3.93. The summed E-state index contributed by atoms with van der Waals surface area (Å²) in [4.78, 5) is 59.1. The lowest BCUT2D eigenvalue weighted by Crippen LogP contribution is -2.59. The minimum atomic E-state index is -1.51. The molecule has 0 unspecified atom stereocenters. The van der Waals surface area contributed by atoms with Crippen LogP contribution in [0.5, 0.6) is 0 Å². The van der Waals surface area contributed by atoms with Crippen molar-refractivity contribution in [3.63, 3.8) is 0 Å². The second-order valence-corrected chi connectivity index (χ2v) is 7.32. The summed E-state index contributed by atoms with van der Waals surface area (Å²) in [5.74, 6) is -4.92. The van der Waals surface area contributed by atoms with Crippen LogP contribution in [0.3, 0.4) is 0 Å². The number of nitrogens with one attached hydrogen (secondary N) is 3. The molecule has 0 saturated heterocycles. The summed E-state index contributed by atoms with van der Waals surface area (Å²) in [7, 11) is 0. The van der Waals surface area contributed by atoms with Gasteiger partial charge in [0.1, 0.15) is 18.1 Å². The van der Waals surface area contributed by atoms with Gasteiger partial charge in [0, 0.05) is 0 Å². The molecule has 4 atom stereocenters. The summed E-state index contributed by atoms with van der Waals surface area (Å²) in [6.45, 7) is 8.20. The molecule has 8 N–H and O–H groups in total. The van der Waals surface area contributed by atoms with Crippen molar-refractivity contribution >= 4 is 29.6 Å². The van der Waals surface area contributed by atoms with E-state index in [9.17, 15) is 24.0 Å². The van der Waals surface area contributed by atoms with Gasteiger partial charge in [-0.15, -0.1) is 0 Å². The molecule has 0 aromatic heterocycles. The Morgan fingerprint density at radius 1 is 0.786 bits per heavy atom. The second-order valence-electron chi connectivity index (χ2n) is 7.32. The molecule has 0 saturated carbocycles. The first-order chi connectivity index (χ1) is 12.8. The number of carbonyl (C=O) groups is 5. The number of carboxylic acids is 1. The van der Waals surface area contributed by atoms with Gasteiger partial charge in [-0.3, -0.25) is 19.2 Å². The van der Waals surface area contributed by atoms with E-state index in [1.165, 1.54) is 6.92 Å². The Kier molecular flexibility index (Phi) is 10.1. The van der Waals surface area contributed by atoms with E-state index in [2.05, 4.69) is 16.0 Å². The molecule has 0 bridgehead atoms. The Morgan fingerprint density at radius 3 is 1.50 bits per heavy atom. The maximum atomic E-state index is 12.6. The van der Waals surface area contributed by atoms with Crippen LogP contribution in [0.1, 0.15) is 41.0 Å². The predicted molar refractivity (Wildman–Crippen MR) is 101 cm³/mol. The van der Waals surface area contributed by atoms with E-state index < -0.39 is 66.1 Å². The highest BCUT2D eigenvalue weighted by Gasteiger charge is 2.33. The molecule has 0 heterocycles. The van der Waals surface area contributed by atoms with Crippen LogP contribution in [0, 0.1) is 11.8 Å². The molecule has 0 radical (unpaired) electrons. The quantitative estimate of drug-likeness (QED) is 0.232. The van der Waals surface area contributed by atoms with Crippen LogP contribution in [0.2, 0.25) is 0 Å². The first-order valence-corrected chi connectivity index (χ1v) is 8.95. The van der Waals surface area contributed by atoms with Crippen LogP contribution in [0.15, 0.2) is 0 Å². The molecule has 11 nitrogen and oxygen atoms in total. The molecule has 0 aromatic carbocycles. The minimum Gasteiger partial charge on any atom is -0.480 e. The first kappa shape index (κ1) is 25.3. The van der Waals surface area contributed by atoms with Gasteiger partial charge in [0.25, 0.3) is 0 Å². The summed E-state index contributed by atoms with van der Waals surface area (Å²) >= 11 is 0. The summed E-state index contributed by atoms with van der Waals surface area (Å²) in [5.41, 5.74) is 10.5. The van der Waals surface area contributed by atoms with Gasteiger partial charge in [-0.25, -0.2) is 4.79 Å². The highest BCUT2D eigenvalue weighted by atomic mass is 16.4. The van der Waals surface area contributed by atoms with Crippen LogP contribution in [0.25, 0.3) is 0 Å². The van der Waals surface area contributed by atoms with Gasteiger partial charge in [0.2, 0.25) is 23.6 Å². The van der Waals surface area contributed by atoms with Crippen LogP contribution >= 0.6 is 0 Å². The zero-order valence-corrected chi connectivity index (χ0v) is 16.8. The Labute approximate surface area is 164 Å². The Balaban J connectivity index is 5.32. The van der Waals surface area contributed by atoms with Crippen LogP contribution in [0.4, 0.5) is 0 Å². The fourth-order valence-electron chi connectivity index (χ4n) is 2.26. The largest absolute Gasteiger partial charge is 0.480 e. The smallest absolute Gasteiger partial charge is 0.326 e. The molecule has 28 heavy (non-hydrogen) atoms. The number of carbonyl (C=O) groups excluding carboxylic acids is 4. The topological polar surface area (TPSA) is 194 Å². The Morgan fingerprint density at radius 2 is 1.18 bits per heavy atom. The van der Waals surface area contributed by atoms with Crippen molar-refractivity contribution in [3.8, 4) is 0 Å². The van der Waals surface area contributed by atoms with E-state index in [4.69, 9.17) is 16.6 Å². The number of hydrogen-bond acceptors (Lipinski definition) is 6. The second kappa shape index (κ2) is 11.2. The SMILES string of the molecule is CC(C)[C@H](NC(=O)[C@H](C)N)C(=O)N[C@H](C(=O)N[C@@H](CC(N)=O)C(=O)O)C(C)C. The van der Waals surface area contributed by atoms with Crippen molar-refractivity contribution in [3.05, 3.63) is 0 Å². The molecule has 0 spiro atoms. The molecule has 4 amide bonds. The monoisotopic (exact) mass is 401 g/mol. The Bertz CT molecular complexity index is 605. The lowest BCUT2D eigenvalue weighted by molar-refractivity contribution is -0.144. The zero-order valence-electron chi connectivity index (χ0n) is 16.8. The van der Waals surface area contributed by atoms with Crippen LogP contribution in [-0.2, 0) is 24.0 Å². The highest BCUT2D eigenvalue weighted by molar-refractivity contribution is 5.95. The summed E-state index contributed by atoms with van der Waals surface area (Å²) in [6.07, 6.45) is -0.584. The molecule has 0 aliphatic rings. The Hall–Kier alpha value is -2.69. The molecule has 0 aromatic rings. The zero-order chi connectivity index (χ0) is 22.2. The number of nitrogens with two attached hydrogens (primary N) is 2. The normalized spacial score (nSPS) is 15.3. The fourth-order valence-corrected chi connectivity index (χ4v) is 2.26. The molecular weight excluding hydrogens is 370 g/mol. The van der Waals surface area contributed by atoms with E-state index in [1.54, 1.807) is 27.7 Å². The van der Waals surface area contributed by atoms with Crippen molar-refractivity contribution in [2.75, 3.05) is 0 Å². The molecule has 160 valence electrons. The average molecular weight is 401 g/mol. The molecule has 11 heteroatoms. The lowest BCUT2D eigenvalue weighted by Gasteiger charge is -2.28. The van der Waals surface area contributed by atoms with Gasteiger partial charge in [-0.1, -0.05) is 27.7 Å². The number of hydrogen-bond donors (Lipinski definition) is 6. The van der Waals surface area contributed by atoms with E-state index in [1.807, 2.05) is 0 Å². The minimum absolute atomic E-state index is 0.291. The van der Waals surface area contributed by atoms with E-state index in [0.29, 0.717) is 0 Å². The van der Waals surface area contributed by atoms with Crippen molar-refractivity contribution in [1.82, 2.24) is 16.0 Å². The van der Waals surface area contributed by atoms with Crippen molar-refractivity contribution in [2.45, 2.75) is 65.2 Å². The highest BCUT2D eigenvalue weighted by Crippen LogP contribution is 2.08. The van der Waals surface area contributed by atoms with Crippen molar-refractivity contribution < 1.29 is 29.1 Å². The molecule has 0 aliphatic carbocycles. The standard InChI is InChI=1S/C17H31N5O6/c1-7(2)12(15(25)20-10(17(27)28)6-11(19)23)22-16(26)13(8(3)4)21-14(24)9(5)18/h7-10,12-13H,6,18H2,1-5H3,(H2,19,23)(H,20,25)(H,21,24)(H,22,26)(H,27,28)/t9-,10-,12-,13-/m0/s1. The third-order valence-corrected chi connectivity index (χ3v) is 3.93. The van der Waals surface area contributed by atoms with Gasteiger partial charge in [0.05, 0.1) is 12.5 Å². The van der Waals surface area contributed by atoms with E-state index in [-0.39, 0.29) is 5.92 Å². The van der Waals surface area contributed by atoms with Crippen LogP contribution < -0.4 is 27.4 Å². The summed E-state index contributed by atoms with van der Waals surface area (Å²) in [6, 6.07) is -4.35.